The van der Waals surface area contributed by atoms with Crippen LogP contribution in [0.5, 0.6) is 0 Å². The second kappa shape index (κ2) is 9.21. The van der Waals surface area contributed by atoms with Crippen molar-refractivity contribution in [2.45, 2.75) is 52.5 Å². The van der Waals surface area contributed by atoms with Gasteiger partial charge in [-0.3, -0.25) is 0 Å². The molecule has 0 saturated heterocycles. The zero-order chi connectivity index (χ0) is 15.7. The minimum absolute atomic E-state index is 0.0993. The minimum Gasteiger partial charge on any atom is -0.309 e. The molecule has 120 valence electrons. The van der Waals surface area contributed by atoms with E-state index in [-0.39, 0.29) is 11.8 Å². The highest BCUT2D eigenvalue weighted by Gasteiger charge is 2.21. The normalized spacial score (nSPS) is 13.3. The Labute approximate surface area is 130 Å². The zero-order valence-electron chi connectivity index (χ0n) is 13.6. The summed E-state index contributed by atoms with van der Waals surface area (Å²) in [6, 6.07) is 7.94. The van der Waals surface area contributed by atoms with Gasteiger partial charge in [0, 0.05) is 6.04 Å². The molecule has 1 N–H and O–H groups in total. The van der Waals surface area contributed by atoms with Crippen molar-refractivity contribution in [2.75, 3.05) is 18.1 Å². The van der Waals surface area contributed by atoms with Crippen LogP contribution in [0.25, 0.3) is 0 Å². The summed E-state index contributed by atoms with van der Waals surface area (Å²) >= 11 is 0. The Morgan fingerprint density at radius 2 is 1.81 bits per heavy atom. The zero-order valence-corrected chi connectivity index (χ0v) is 14.4. The third kappa shape index (κ3) is 6.62. The Morgan fingerprint density at radius 1 is 1.10 bits per heavy atom. The van der Waals surface area contributed by atoms with Crippen LogP contribution in [0.4, 0.5) is 0 Å². The van der Waals surface area contributed by atoms with Crippen LogP contribution in [0.15, 0.2) is 24.3 Å². The Bertz CT molecular complexity index is 511. The van der Waals surface area contributed by atoms with E-state index in [1.54, 1.807) is 0 Å². The summed E-state index contributed by atoms with van der Waals surface area (Å²) in [5, 5.41) is 3.39. The molecule has 0 aromatic heterocycles. The monoisotopic (exact) mass is 311 g/mol. The van der Waals surface area contributed by atoms with Gasteiger partial charge >= 0.3 is 0 Å². The molecule has 0 bridgehead atoms. The van der Waals surface area contributed by atoms with E-state index < -0.39 is 9.84 Å². The molecule has 1 aromatic carbocycles. The number of hydrogen-bond acceptors (Lipinski definition) is 3. The summed E-state index contributed by atoms with van der Waals surface area (Å²) in [4.78, 5) is 0. The van der Waals surface area contributed by atoms with Gasteiger partial charge < -0.3 is 5.32 Å². The number of aryl methyl sites for hydroxylation is 1. The smallest absolute Gasteiger partial charge is 0.152 e. The molecule has 0 saturated carbocycles. The molecule has 1 atom stereocenters. The highest BCUT2D eigenvalue weighted by atomic mass is 32.2. The fraction of sp³-hybridized carbons (Fsp3) is 0.647. The molecule has 1 rings (SSSR count). The van der Waals surface area contributed by atoms with Gasteiger partial charge in [-0.1, -0.05) is 51.0 Å². The van der Waals surface area contributed by atoms with Crippen molar-refractivity contribution in [3.63, 3.8) is 0 Å². The van der Waals surface area contributed by atoms with Gasteiger partial charge in [0.2, 0.25) is 0 Å². The number of rotatable bonds is 10. The van der Waals surface area contributed by atoms with Gasteiger partial charge in [-0.2, -0.15) is 0 Å². The van der Waals surface area contributed by atoms with Gasteiger partial charge in [-0.05, 0) is 37.4 Å². The fourth-order valence-corrected chi connectivity index (χ4v) is 4.08. The lowest BCUT2D eigenvalue weighted by molar-refractivity contribution is 0.543. The molecule has 0 radical (unpaired) electrons. The largest absolute Gasteiger partial charge is 0.309 e. The van der Waals surface area contributed by atoms with Crippen LogP contribution in [0.3, 0.4) is 0 Å². The van der Waals surface area contributed by atoms with Gasteiger partial charge in [-0.25, -0.2) is 8.42 Å². The van der Waals surface area contributed by atoms with Crippen LogP contribution in [0, 0.1) is 6.92 Å². The third-order valence-corrected chi connectivity index (χ3v) is 5.44. The number of benzene rings is 1. The molecule has 21 heavy (non-hydrogen) atoms. The molecule has 4 heteroatoms. The molecule has 0 aliphatic carbocycles. The van der Waals surface area contributed by atoms with Crippen LogP contribution in [-0.4, -0.2) is 26.5 Å². The molecule has 1 unspecified atom stereocenters. The van der Waals surface area contributed by atoms with Crippen molar-refractivity contribution in [3.8, 4) is 0 Å². The van der Waals surface area contributed by atoms with Gasteiger partial charge in [0.05, 0.1) is 11.5 Å². The van der Waals surface area contributed by atoms with Crippen LogP contribution in [0.2, 0.25) is 0 Å². The Hall–Kier alpha value is -0.870. The first-order valence-corrected chi connectivity index (χ1v) is 9.81. The first-order valence-electron chi connectivity index (χ1n) is 7.99. The van der Waals surface area contributed by atoms with E-state index in [1.165, 1.54) is 0 Å². The van der Waals surface area contributed by atoms with Crippen molar-refractivity contribution in [2.24, 2.45) is 0 Å². The first kappa shape index (κ1) is 18.2. The summed E-state index contributed by atoms with van der Waals surface area (Å²) < 4.78 is 24.6. The molecule has 1 aromatic rings. The number of hydrogen-bond donors (Lipinski definition) is 1. The quantitative estimate of drug-likeness (QED) is 0.671. The topological polar surface area (TPSA) is 46.2 Å². The van der Waals surface area contributed by atoms with E-state index in [0.29, 0.717) is 5.75 Å². The Kier molecular flexibility index (Phi) is 7.97. The summed E-state index contributed by atoms with van der Waals surface area (Å²) in [6.45, 7) is 7.06. The van der Waals surface area contributed by atoms with Gasteiger partial charge in [0.15, 0.2) is 9.84 Å². The molecule has 0 amide bonds. The van der Waals surface area contributed by atoms with E-state index in [9.17, 15) is 8.42 Å². The summed E-state index contributed by atoms with van der Waals surface area (Å²) in [5.41, 5.74) is 2.25. The molecule has 3 nitrogen and oxygen atoms in total. The second-order valence-electron chi connectivity index (χ2n) is 5.68. The van der Waals surface area contributed by atoms with Crippen molar-refractivity contribution >= 4 is 9.84 Å². The maximum atomic E-state index is 12.3. The minimum atomic E-state index is -3.01. The maximum absolute atomic E-state index is 12.3. The highest BCUT2D eigenvalue weighted by Crippen LogP contribution is 2.20. The molecule has 0 aliphatic rings. The maximum Gasteiger partial charge on any atom is 0.152 e. The molecular weight excluding hydrogens is 282 g/mol. The van der Waals surface area contributed by atoms with Crippen LogP contribution in [-0.2, 0) is 9.84 Å². The molecule has 0 fully saturated rings. The van der Waals surface area contributed by atoms with Crippen LogP contribution < -0.4 is 5.32 Å². The Morgan fingerprint density at radius 3 is 2.43 bits per heavy atom. The molecular formula is C17H29NO2S. The van der Waals surface area contributed by atoms with Crippen LogP contribution >= 0.6 is 0 Å². The predicted molar refractivity (Wildman–Crippen MR) is 90.4 cm³/mol. The number of sulfone groups is 1. The standard InChI is InChI=1S/C17H29NO2S/c1-4-6-9-13-21(19,20)14-17(18-12-5-2)16-11-8-7-10-15(16)3/h7-8,10-11,17-18H,4-6,9,12-14H2,1-3H3. The fourth-order valence-electron chi connectivity index (χ4n) is 2.46. The Balaban J connectivity index is 2.81. The van der Waals surface area contributed by atoms with Crippen molar-refractivity contribution in [3.05, 3.63) is 35.4 Å². The predicted octanol–water partition coefficient (Wildman–Crippen LogP) is 3.64. The van der Waals surface area contributed by atoms with Crippen molar-refractivity contribution in [1.82, 2.24) is 5.32 Å². The first-order chi connectivity index (χ1) is 10.00. The average Bonchev–Trinajstić information content (AvgIpc) is 2.44. The van der Waals surface area contributed by atoms with Crippen molar-refractivity contribution < 1.29 is 8.42 Å². The van der Waals surface area contributed by atoms with Gasteiger partial charge in [-0.15, -0.1) is 0 Å². The lowest BCUT2D eigenvalue weighted by Crippen LogP contribution is -2.30. The van der Waals surface area contributed by atoms with Crippen molar-refractivity contribution in [1.29, 1.82) is 0 Å². The lowest BCUT2D eigenvalue weighted by atomic mass is 10.0. The van der Waals surface area contributed by atoms with E-state index in [1.807, 2.05) is 31.2 Å². The summed E-state index contributed by atoms with van der Waals surface area (Å²) in [7, 11) is -3.01. The van der Waals surface area contributed by atoms with E-state index in [4.69, 9.17) is 0 Å². The number of nitrogens with one attached hydrogen (secondary N) is 1. The molecule has 0 aliphatic heterocycles. The summed E-state index contributed by atoms with van der Waals surface area (Å²) in [5.74, 6) is 0.499. The number of unbranched alkanes of at least 4 members (excludes halogenated alkanes) is 2. The van der Waals surface area contributed by atoms with Gasteiger partial charge in [0.1, 0.15) is 0 Å². The lowest BCUT2D eigenvalue weighted by Gasteiger charge is -2.21. The van der Waals surface area contributed by atoms with E-state index in [0.717, 1.165) is 43.4 Å². The van der Waals surface area contributed by atoms with E-state index >= 15 is 0 Å². The average molecular weight is 311 g/mol. The SMILES string of the molecule is CCCCCS(=O)(=O)CC(NCCC)c1ccccc1C. The third-order valence-electron chi connectivity index (χ3n) is 3.68. The van der Waals surface area contributed by atoms with Gasteiger partial charge in [0.25, 0.3) is 0 Å². The molecule has 0 spiro atoms. The second-order valence-corrected chi connectivity index (χ2v) is 7.91. The molecule has 0 heterocycles. The highest BCUT2D eigenvalue weighted by molar-refractivity contribution is 7.91. The van der Waals surface area contributed by atoms with E-state index in [2.05, 4.69) is 19.2 Å². The summed E-state index contributed by atoms with van der Waals surface area (Å²) in [6.07, 6.45) is 3.80. The van der Waals surface area contributed by atoms with Crippen LogP contribution in [0.1, 0.15) is 56.7 Å².